The van der Waals surface area contributed by atoms with Crippen LogP contribution in [-0.2, 0) is 13.2 Å². The molecule has 0 radical (unpaired) electrons. The average Bonchev–Trinajstić information content (AvgIpc) is 2.94. The highest BCUT2D eigenvalue weighted by Crippen LogP contribution is 2.13. The van der Waals surface area contributed by atoms with Crippen molar-refractivity contribution < 1.29 is 14.3 Å². The average molecular weight is 306 g/mol. The summed E-state index contributed by atoms with van der Waals surface area (Å²) in [6.07, 6.45) is 1.61. The molecule has 0 saturated carbocycles. The van der Waals surface area contributed by atoms with Crippen molar-refractivity contribution in [2.24, 2.45) is 0 Å². The van der Waals surface area contributed by atoms with Gasteiger partial charge in [-0.15, -0.1) is 0 Å². The number of anilines is 1. The van der Waals surface area contributed by atoms with Crippen molar-refractivity contribution in [3.05, 3.63) is 47.4 Å². The molecule has 2 aromatic rings. The summed E-state index contributed by atoms with van der Waals surface area (Å²) in [7, 11) is 0. The van der Waals surface area contributed by atoms with Crippen LogP contribution in [0.15, 0.2) is 30.5 Å². The van der Waals surface area contributed by atoms with Crippen LogP contribution in [0.2, 0.25) is 0 Å². The van der Waals surface area contributed by atoms with Crippen molar-refractivity contribution in [2.45, 2.75) is 33.0 Å². The van der Waals surface area contributed by atoms with E-state index < -0.39 is 5.82 Å². The number of halogens is 1. The van der Waals surface area contributed by atoms with Crippen LogP contribution in [0.1, 0.15) is 31.0 Å². The van der Waals surface area contributed by atoms with E-state index in [2.05, 4.69) is 15.7 Å². The number of nitrogens with one attached hydrogen (secondary N) is 2. The monoisotopic (exact) mass is 306 g/mol. The zero-order valence-corrected chi connectivity index (χ0v) is 12.5. The van der Waals surface area contributed by atoms with Gasteiger partial charge in [-0.05, 0) is 31.5 Å². The summed E-state index contributed by atoms with van der Waals surface area (Å²) in [4.78, 5) is 11.9. The van der Waals surface area contributed by atoms with Gasteiger partial charge in [0, 0.05) is 24.2 Å². The Labute approximate surface area is 128 Å². The number of aromatic nitrogens is 2. The molecular formula is C15H19FN4O2. The van der Waals surface area contributed by atoms with E-state index in [0.29, 0.717) is 11.4 Å². The van der Waals surface area contributed by atoms with Gasteiger partial charge in [-0.2, -0.15) is 5.10 Å². The zero-order chi connectivity index (χ0) is 16.1. The predicted molar refractivity (Wildman–Crippen MR) is 80.8 cm³/mol. The van der Waals surface area contributed by atoms with E-state index in [1.165, 1.54) is 12.1 Å². The van der Waals surface area contributed by atoms with Crippen molar-refractivity contribution in [2.75, 3.05) is 5.32 Å². The van der Waals surface area contributed by atoms with Gasteiger partial charge in [0.2, 0.25) is 0 Å². The highest BCUT2D eigenvalue weighted by atomic mass is 19.1. The fourth-order valence-corrected chi connectivity index (χ4v) is 2.03. The number of rotatable bonds is 5. The third kappa shape index (κ3) is 3.82. The van der Waals surface area contributed by atoms with Crippen LogP contribution in [-0.4, -0.2) is 20.9 Å². The molecule has 0 atom stereocenters. The third-order valence-corrected chi connectivity index (χ3v) is 3.13. The lowest BCUT2D eigenvalue weighted by Crippen LogP contribution is -2.29. The van der Waals surface area contributed by atoms with Crippen LogP contribution in [0.4, 0.5) is 15.0 Å². The van der Waals surface area contributed by atoms with Gasteiger partial charge in [-0.25, -0.2) is 13.9 Å². The van der Waals surface area contributed by atoms with Crippen LogP contribution < -0.4 is 10.6 Å². The SMILES string of the molecule is CC(C)n1nccc1NC(=O)NCc1ccc(F)c(CO)c1. The first-order valence-corrected chi connectivity index (χ1v) is 6.97. The van der Waals surface area contributed by atoms with E-state index >= 15 is 0 Å². The molecule has 0 bridgehead atoms. The van der Waals surface area contributed by atoms with Crippen LogP contribution in [0.3, 0.4) is 0 Å². The normalized spacial score (nSPS) is 10.8. The van der Waals surface area contributed by atoms with Gasteiger partial charge in [-0.1, -0.05) is 6.07 Å². The summed E-state index contributed by atoms with van der Waals surface area (Å²) >= 11 is 0. The Bertz CT molecular complexity index is 655. The molecule has 118 valence electrons. The fraction of sp³-hybridized carbons (Fsp3) is 0.333. The Kier molecular flexibility index (Phi) is 5.11. The summed E-state index contributed by atoms with van der Waals surface area (Å²) < 4.78 is 15.0. The lowest BCUT2D eigenvalue weighted by atomic mass is 10.1. The molecule has 1 aromatic carbocycles. The molecule has 0 fully saturated rings. The second kappa shape index (κ2) is 7.04. The Morgan fingerprint density at radius 2 is 2.18 bits per heavy atom. The molecule has 0 spiro atoms. The molecule has 7 heteroatoms. The summed E-state index contributed by atoms with van der Waals surface area (Å²) in [5.74, 6) is 0.138. The Balaban J connectivity index is 1.94. The van der Waals surface area contributed by atoms with E-state index in [-0.39, 0.29) is 30.8 Å². The van der Waals surface area contributed by atoms with Crippen LogP contribution in [0.5, 0.6) is 0 Å². The lowest BCUT2D eigenvalue weighted by Gasteiger charge is -2.12. The number of aliphatic hydroxyl groups is 1. The van der Waals surface area contributed by atoms with Crippen LogP contribution in [0.25, 0.3) is 0 Å². The first-order valence-electron chi connectivity index (χ1n) is 6.97. The largest absolute Gasteiger partial charge is 0.392 e. The van der Waals surface area contributed by atoms with E-state index in [4.69, 9.17) is 5.11 Å². The van der Waals surface area contributed by atoms with Gasteiger partial charge in [0.1, 0.15) is 11.6 Å². The summed E-state index contributed by atoms with van der Waals surface area (Å²) in [6, 6.07) is 5.82. The number of urea groups is 1. The minimum Gasteiger partial charge on any atom is -0.392 e. The van der Waals surface area contributed by atoms with Crippen LogP contribution >= 0.6 is 0 Å². The minimum absolute atomic E-state index is 0.134. The Hall–Kier alpha value is -2.41. The number of hydrogen-bond donors (Lipinski definition) is 3. The predicted octanol–water partition coefficient (Wildman–Crippen LogP) is 2.42. The van der Waals surface area contributed by atoms with Gasteiger partial charge in [-0.3, -0.25) is 5.32 Å². The van der Waals surface area contributed by atoms with Crippen molar-refractivity contribution in [3.63, 3.8) is 0 Å². The Morgan fingerprint density at radius 1 is 1.41 bits per heavy atom. The molecule has 6 nitrogen and oxygen atoms in total. The van der Waals surface area contributed by atoms with Crippen LogP contribution in [0, 0.1) is 5.82 Å². The molecule has 1 aromatic heterocycles. The van der Waals surface area contributed by atoms with Gasteiger partial charge in [0.15, 0.2) is 0 Å². The number of amides is 2. The highest BCUT2D eigenvalue weighted by molar-refractivity contribution is 5.88. The van der Waals surface area contributed by atoms with E-state index in [9.17, 15) is 9.18 Å². The van der Waals surface area contributed by atoms with E-state index in [0.717, 1.165) is 0 Å². The first-order chi connectivity index (χ1) is 10.5. The minimum atomic E-state index is -0.462. The van der Waals surface area contributed by atoms with Crippen molar-refractivity contribution in [1.82, 2.24) is 15.1 Å². The first kappa shape index (κ1) is 16.0. The number of benzene rings is 1. The molecule has 1 heterocycles. The molecular weight excluding hydrogens is 287 g/mol. The molecule has 0 aliphatic heterocycles. The van der Waals surface area contributed by atoms with E-state index in [1.54, 1.807) is 23.0 Å². The Morgan fingerprint density at radius 3 is 2.86 bits per heavy atom. The summed E-state index contributed by atoms with van der Waals surface area (Å²) in [5.41, 5.74) is 0.913. The van der Waals surface area contributed by atoms with Crippen molar-refractivity contribution in [3.8, 4) is 0 Å². The fourth-order valence-electron chi connectivity index (χ4n) is 2.03. The number of hydrogen-bond acceptors (Lipinski definition) is 3. The van der Waals surface area contributed by atoms with Gasteiger partial charge in [0.05, 0.1) is 12.8 Å². The highest BCUT2D eigenvalue weighted by Gasteiger charge is 2.09. The van der Waals surface area contributed by atoms with E-state index in [1.807, 2.05) is 13.8 Å². The summed E-state index contributed by atoms with van der Waals surface area (Å²) in [5, 5.41) is 18.5. The van der Waals surface area contributed by atoms with Gasteiger partial charge >= 0.3 is 6.03 Å². The van der Waals surface area contributed by atoms with Gasteiger partial charge < -0.3 is 10.4 Å². The molecule has 0 aliphatic carbocycles. The lowest BCUT2D eigenvalue weighted by molar-refractivity contribution is 0.251. The standard InChI is InChI=1S/C15H19FN4O2/c1-10(2)20-14(5-6-18-20)19-15(22)17-8-11-3-4-13(16)12(7-11)9-21/h3-7,10,21H,8-9H2,1-2H3,(H2,17,19,22). The zero-order valence-electron chi connectivity index (χ0n) is 12.5. The smallest absolute Gasteiger partial charge is 0.320 e. The van der Waals surface area contributed by atoms with Crippen molar-refractivity contribution >= 4 is 11.8 Å². The molecule has 2 amide bonds. The van der Waals surface area contributed by atoms with Crippen molar-refractivity contribution in [1.29, 1.82) is 0 Å². The third-order valence-electron chi connectivity index (χ3n) is 3.13. The molecule has 0 unspecified atom stereocenters. The molecule has 22 heavy (non-hydrogen) atoms. The quantitative estimate of drug-likeness (QED) is 0.793. The number of nitrogens with zero attached hydrogens (tertiary/aromatic N) is 2. The second-order valence-corrected chi connectivity index (χ2v) is 5.15. The maximum absolute atomic E-state index is 13.3. The molecule has 0 aliphatic rings. The summed E-state index contributed by atoms with van der Waals surface area (Å²) in [6.45, 7) is 3.78. The second-order valence-electron chi connectivity index (χ2n) is 5.15. The topological polar surface area (TPSA) is 79.2 Å². The molecule has 0 saturated heterocycles. The maximum atomic E-state index is 13.3. The number of carbonyl (C=O) groups is 1. The molecule has 3 N–H and O–H groups in total. The van der Waals surface area contributed by atoms with Gasteiger partial charge in [0.25, 0.3) is 0 Å². The number of carbonyl (C=O) groups excluding carboxylic acids is 1. The molecule has 2 rings (SSSR count). The maximum Gasteiger partial charge on any atom is 0.320 e. The number of aliphatic hydroxyl groups excluding tert-OH is 1.